The zero-order chi connectivity index (χ0) is 43.5. The molecule has 0 N–H and O–H groups in total. The van der Waals surface area contributed by atoms with Crippen molar-refractivity contribution in [3.8, 4) is 28.6 Å². The topological polar surface area (TPSA) is 33.6 Å². The Morgan fingerprint density at radius 1 is 0.417 bits per heavy atom. The predicted octanol–water partition coefficient (Wildman–Crippen LogP) is 15.6. The van der Waals surface area contributed by atoms with E-state index in [0.29, 0.717) is 28.1 Å². The van der Waals surface area contributed by atoms with Gasteiger partial charge in [-0.25, -0.2) is 0 Å². The Hall–Kier alpha value is -5.80. The number of rotatable bonds is 3. The Bertz CT molecular complexity index is 2750. The van der Waals surface area contributed by atoms with Crippen LogP contribution >= 0.6 is 0 Å². The van der Waals surface area contributed by atoms with Crippen molar-refractivity contribution in [2.24, 2.45) is 0 Å². The van der Waals surface area contributed by atoms with Crippen LogP contribution in [0.15, 0.2) is 109 Å². The lowest BCUT2D eigenvalue weighted by atomic mass is 9.85. The van der Waals surface area contributed by atoms with E-state index in [9.17, 15) is 5.26 Å². The van der Waals surface area contributed by atoms with Gasteiger partial charge in [-0.05, 0) is 122 Å². The Morgan fingerprint density at radius 3 is 1.03 bits per heavy atom. The van der Waals surface area contributed by atoms with Crippen molar-refractivity contribution in [3.05, 3.63) is 143 Å². The molecule has 0 aliphatic carbocycles. The van der Waals surface area contributed by atoms with Crippen LogP contribution in [0.2, 0.25) is 0 Å². The van der Waals surface area contributed by atoms with E-state index in [2.05, 4.69) is 162 Å². The molecule has 2 aromatic heterocycles. The average molecular weight is 802 g/mol. The molecule has 0 bridgehead atoms. The second kappa shape index (κ2) is 13.6. The van der Waals surface area contributed by atoms with E-state index < -0.39 is 11.7 Å². The quantitative estimate of drug-likeness (QED) is 0.175. The molecule has 0 atom stereocenters. The van der Waals surface area contributed by atoms with E-state index in [1.54, 1.807) is 12.1 Å². The standard InChI is InChI=1S/C54H54F3N3/c1-50(2,3)34-16-20-43-39(25-34)40-26-35(51(4,5)6)17-21-44(40)59(43)47-29-38(54(55,56)57)30-48(49(47)33-15-13-14-32(24-33)31-58)60-45-22-18-36(52(7,8)9)27-41(45)42-28-37(53(10,11)12)19-23-46(42)60/h13-30H,1-12H3. The number of aromatic nitrogens is 2. The summed E-state index contributed by atoms with van der Waals surface area (Å²) in [6.45, 7) is 26.1. The van der Waals surface area contributed by atoms with Crippen molar-refractivity contribution in [1.29, 1.82) is 5.26 Å². The molecule has 2 heterocycles. The van der Waals surface area contributed by atoms with Gasteiger partial charge in [0.2, 0.25) is 0 Å². The van der Waals surface area contributed by atoms with Gasteiger partial charge in [-0.2, -0.15) is 18.4 Å². The predicted molar refractivity (Wildman–Crippen MR) is 245 cm³/mol. The average Bonchev–Trinajstić information content (AvgIpc) is 3.67. The first-order valence-corrected chi connectivity index (χ1v) is 20.8. The van der Waals surface area contributed by atoms with Crippen LogP contribution < -0.4 is 0 Å². The molecule has 6 heteroatoms. The second-order valence-corrected chi connectivity index (χ2v) is 20.7. The maximum absolute atomic E-state index is 15.6. The zero-order valence-corrected chi connectivity index (χ0v) is 36.9. The summed E-state index contributed by atoms with van der Waals surface area (Å²) in [6.07, 6.45) is -4.67. The van der Waals surface area contributed by atoms with Gasteiger partial charge in [-0.1, -0.05) is 119 Å². The Morgan fingerprint density at radius 2 is 0.750 bits per heavy atom. The fourth-order valence-electron chi connectivity index (χ4n) is 8.60. The molecule has 0 saturated heterocycles. The fraction of sp³-hybridized carbons (Fsp3) is 0.315. The SMILES string of the molecule is CC(C)(C)c1ccc2c(c1)c1cc(C(C)(C)C)ccc1n2-c1cc(C(F)(F)F)cc(-n2c3ccc(C(C)(C)C)cc3c3cc(C(C)(C)C)ccc32)c1-c1cccc(C#N)c1. The summed E-state index contributed by atoms with van der Waals surface area (Å²) in [4.78, 5) is 0. The Labute approximate surface area is 352 Å². The van der Waals surface area contributed by atoms with Gasteiger partial charge < -0.3 is 9.13 Å². The first kappa shape index (κ1) is 41.0. The van der Waals surface area contributed by atoms with Crippen LogP contribution in [-0.2, 0) is 27.8 Å². The van der Waals surface area contributed by atoms with Crippen LogP contribution in [0.4, 0.5) is 13.2 Å². The van der Waals surface area contributed by atoms with Gasteiger partial charge in [-0.15, -0.1) is 0 Å². The lowest BCUT2D eigenvalue weighted by Crippen LogP contribution is -2.12. The summed E-state index contributed by atoms with van der Waals surface area (Å²) in [7, 11) is 0. The Balaban J connectivity index is 1.61. The molecular weight excluding hydrogens is 748 g/mol. The molecule has 0 amide bonds. The Kier molecular flexibility index (Phi) is 9.29. The van der Waals surface area contributed by atoms with Crippen molar-refractivity contribution < 1.29 is 13.2 Å². The molecule has 3 nitrogen and oxygen atoms in total. The molecule has 8 aromatic rings. The minimum atomic E-state index is -4.67. The smallest absolute Gasteiger partial charge is 0.309 e. The lowest BCUT2D eigenvalue weighted by molar-refractivity contribution is -0.137. The highest BCUT2D eigenvalue weighted by atomic mass is 19.4. The minimum Gasteiger partial charge on any atom is -0.309 e. The number of halogens is 3. The number of hydrogen-bond donors (Lipinski definition) is 0. The molecule has 306 valence electrons. The van der Waals surface area contributed by atoms with Gasteiger partial charge in [0, 0.05) is 27.1 Å². The molecular formula is C54H54F3N3. The third-order valence-corrected chi connectivity index (χ3v) is 12.2. The first-order valence-electron chi connectivity index (χ1n) is 20.8. The first-order chi connectivity index (χ1) is 27.9. The molecule has 0 unspecified atom stereocenters. The summed E-state index contributed by atoms with van der Waals surface area (Å²) in [6, 6.07) is 37.6. The van der Waals surface area contributed by atoms with E-state index >= 15 is 13.2 Å². The van der Waals surface area contributed by atoms with Crippen molar-refractivity contribution >= 4 is 43.6 Å². The van der Waals surface area contributed by atoms with Crippen molar-refractivity contribution in [3.63, 3.8) is 0 Å². The second-order valence-electron chi connectivity index (χ2n) is 20.7. The number of benzene rings is 6. The van der Waals surface area contributed by atoms with E-state index in [0.717, 1.165) is 65.9 Å². The van der Waals surface area contributed by atoms with Gasteiger partial charge in [-0.3, -0.25) is 0 Å². The van der Waals surface area contributed by atoms with Crippen LogP contribution in [-0.4, -0.2) is 9.13 Å². The van der Waals surface area contributed by atoms with Crippen LogP contribution in [0, 0.1) is 11.3 Å². The fourth-order valence-corrected chi connectivity index (χ4v) is 8.60. The van der Waals surface area contributed by atoms with Crippen LogP contribution in [0.1, 0.15) is 116 Å². The van der Waals surface area contributed by atoms with E-state index in [-0.39, 0.29) is 21.7 Å². The molecule has 0 aliphatic heterocycles. The van der Waals surface area contributed by atoms with Crippen molar-refractivity contribution in [2.45, 2.75) is 111 Å². The highest BCUT2D eigenvalue weighted by molar-refractivity contribution is 6.12. The zero-order valence-electron chi connectivity index (χ0n) is 36.9. The normalized spacial score (nSPS) is 13.2. The minimum absolute atomic E-state index is 0.160. The van der Waals surface area contributed by atoms with Gasteiger partial charge in [0.1, 0.15) is 0 Å². The van der Waals surface area contributed by atoms with Gasteiger partial charge in [0.15, 0.2) is 0 Å². The number of fused-ring (bicyclic) bond motifs is 6. The third kappa shape index (κ3) is 6.96. The van der Waals surface area contributed by atoms with Gasteiger partial charge >= 0.3 is 6.18 Å². The van der Waals surface area contributed by atoms with Crippen LogP contribution in [0.5, 0.6) is 0 Å². The monoisotopic (exact) mass is 801 g/mol. The van der Waals surface area contributed by atoms with Crippen LogP contribution in [0.25, 0.3) is 66.1 Å². The third-order valence-electron chi connectivity index (χ3n) is 12.2. The molecule has 0 aliphatic rings. The number of nitriles is 1. The number of alkyl halides is 3. The highest BCUT2D eigenvalue weighted by Crippen LogP contribution is 2.47. The lowest BCUT2D eigenvalue weighted by Gasteiger charge is -2.24. The molecule has 60 heavy (non-hydrogen) atoms. The van der Waals surface area contributed by atoms with E-state index in [4.69, 9.17) is 0 Å². The van der Waals surface area contributed by atoms with Gasteiger partial charge in [0.05, 0.1) is 50.6 Å². The maximum atomic E-state index is 15.6. The van der Waals surface area contributed by atoms with E-state index in [1.165, 1.54) is 12.1 Å². The summed E-state index contributed by atoms with van der Waals surface area (Å²) < 4.78 is 50.9. The number of hydrogen-bond acceptors (Lipinski definition) is 1. The summed E-state index contributed by atoms with van der Waals surface area (Å²) >= 11 is 0. The van der Waals surface area contributed by atoms with E-state index in [1.807, 2.05) is 21.3 Å². The molecule has 0 spiro atoms. The van der Waals surface area contributed by atoms with Crippen molar-refractivity contribution in [1.82, 2.24) is 9.13 Å². The molecule has 6 aromatic carbocycles. The highest BCUT2D eigenvalue weighted by Gasteiger charge is 2.35. The molecule has 0 fully saturated rings. The maximum Gasteiger partial charge on any atom is 0.416 e. The largest absolute Gasteiger partial charge is 0.416 e. The molecule has 0 saturated carbocycles. The van der Waals surface area contributed by atoms with Gasteiger partial charge in [0.25, 0.3) is 0 Å². The van der Waals surface area contributed by atoms with Crippen LogP contribution in [0.3, 0.4) is 0 Å². The van der Waals surface area contributed by atoms with Crippen molar-refractivity contribution in [2.75, 3.05) is 0 Å². The summed E-state index contributed by atoms with van der Waals surface area (Å²) in [5.41, 5.74) is 8.79. The number of nitrogens with zero attached hydrogens (tertiary/aromatic N) is 3. The molecule has 0 radical (unpaired) electrons. The summed E-state index contributed by atoms with van der Waals surface area (Å²) in [5, 5.41) is 14.1. The molecule has 8 rings (SSSR count). The summed E-state index contributed by atoms with van der Waals surface area (Å²) in [5.74, 6) is 0.